The molecule has 0 aliphatic carbocycles. The third-order valence-corrected chi connectivity index (χ3v) is 2.33. The average Bonchev–Trinajstić information content (AvgIpc) is 2.26. The van der Waals surface area contributed by atoms with E-state index in [-0.39, 0.29) is 11.6 Å². The predicted octanol–water partition coefficient (Wildman–Crippen LogP) is 2.75. The summed E-state index contributed by atoms with van der Waals surface area (Å²) >= 11 is 0. The fourth-order valence-corrected chi connectivity index (χ4v) is 1.31. The van der Waals surface area contributed by atoms with Crippen LogP contribution in [0.5, 0.6) is 5.75 Å². The number of carbonyl (C=O) groups is 1. The van der Waals surface area contributed by atoms with Crippen LogP contribution < -0.4 is 4.74 Å². The standard InChI is InChI=1S/C12H15FO2/c1-3-10(14)6-4-9-5-7-11(15-2)8-12(9)13/h5,7-8H,3-4,6H2,1-2H3. The summed E-state index contributed by atoms with van der Waals surface area (Å²) in [5.41, 5.74) is 0.567. The zero-order valence-corrected chi connectivity index (χ0v) is 9.05. The number of halogens is 1. The Morgan fingerprint density at radius 2 is 2.20 bits per heavy atom. The summed E-state index contributed by atoms with van der Waals surface area (Å²) in [7, 11) is 1.50. The molecular weight excluding hydrogens is 195 g/mol. The van der Waals surface area contributed by atoms with Crippen molar-refractivity contribution >= 4 is 5.78 Å². The van der Waals surface area contributed by atoms with Crippen molar-refractivity contribution < 1.29 is 13.9 Å². The minimum absolute atomic E-state index is 0.158. The van der Waals surface area contributed by atoms with Crippen molar-refractivity contribution in [2.24, 2.45) is 0 Å². The molecule has 15 heavy (non-hydrogen) atoms. The Bertz CT molecular complexity index is 347. The second-order valence-corrected chi connectivity index (χ2v) is 3.35. The molecule has 0 bridgehead atoms. The molecule has 0 saturated heterocycles. The highest BCUT2D eigenvalue weighted by molar-refractivity contribution is 5.78. The fourth-order valence-electron chi connectivity index (χ4n) is 1.31. The summed E-state index contributed by atoms with van der Waals surface area (Å²) in [5, 5.41) is 0. The Kier molecular flexibility index (Phi) is 4.28. The molecule has 0 heterocycles. The van der Waals surface area contributed by atoms with Gasteiger partial charge < -0.3 is 4.74 Å². The Hall–Kier alpha value is -1.38. The van der Waals surface area contributed by atoms with E-state index in [1.54, 1.807) is 12.1 Å². The molecule has 0 aliphatic rings. The molecule has 1 aromatic rings. The summed E-state index contributed by atoms with van der Waals surface area (Å²) in [4.78, 5) is 11.1. The lowest BCUT2D eigenvalue weighted by atomic mass is 10.1. The van der Waals surface area contributed by atoms with Gasteiger partial charge in [-0.05, 0) is 18.1 Å². The van der Waals surface area contributed by atoms with E-state index in [0.717, 1.165) is 0 Å². The van der Waals surface area contributed by atoms with Gasteiger partial charge in [0.1, 0.15) is 17.3 Å². The van der Waals surface area contributed by atoms with Crippen molar-refractivity contribution in [1.29, 1.82) is 0 Å². The second kappa shape index (κ2) is 5.49. The Morgan fingerprint density at radius 3 is 2.73 bits per heavy atom. The number of ether oxygens (including phenoxy) is 1. The topological polar surface area (TPSA) is 26.3 Å². The van der Waals surface area contributed by atoms with Gasteiger partial charge in [0.05, 0.1) is 7.11 Å². The third-order valence-electron chi connectivity index (χ3n) is 2.33. The van der Waals surface area contributed by atoms with Gasteiger partial charge in [0.2, 0.25) is 0 Å². The van der Waals surface area contributed by atoms with E-state index in [4.69, 9.17) is 4.74 Å². The number of hydrogen-bond acceptors (Lipinski definition) is 2. The number of benzene rings is 1. The lowest BCUT2D eigenvalue weighted by molar-refractivity contribution is -0.118. The zero-order chi connectivity index (χ0) is 11.3. The van der Waals surface area contributed by atoms with Crippen molar-refractivity contribution in [1.82, 2.24) is 0 Å². The molecule has 0 aromatic heterocycles. The van der Waals surface area contributed by atoms with Crippen LogP contribution in [0, 0.1) is 5.82 Å². The number of rotatable bonds is 5. The summed E-state index contributed by atoms with van der Waals surface area (Å²) < 4.78 is 18.3. The van der Waals surface area contributed by atoms with Gasteiger partial charge in [-0.25, -0.2) is 4.39 Å². The molecule has 0 radical (unpaired) electrons. The lowest BCUT2D eigenvalue weighted by Crippen LogP contribution is -1.99. The zero-order valence-electron chi connectivity index (χ0n) is 9.05. The molecule has 1 rings (SSSR count). The first-order valence-electron chi connectivity index (χ1n) is 5.01. The number of aryl methyl sites for hydroxylation is 1. The number of methoxy groups -OCH3 is 1. The maximum Gasteiger partial charge on any atom is 0.132 e. The Morgan fingerprint density at radius 1 is 1.47 bits per heavy atom. The first-order chi connectivity index (χ1) is 7.17. The second-order valence-electron chi connectivity index (χ2n) is 3.35. The minimum atomic E-state index is -0.307. The molecule has 0 fully saturated rings. The van der Waals surface area contributed by atoms with E-state index in [1.165, 1.54) is 13.2 Å². The highest BCUT2D eigenvalue weighted by Gasteiger charge is 2.06. The fraction of sp³-hybridized carbons (Fsp3) is 0.417. The number of ketones is 1. The quantitative estimate of drug-likeness (QED) is 0.747. The van der Waals surface area contributed by atoms with Crippen LogP contribution >= 0.6 is 0 Å². The predicted molar refractivity (Wildman–Crippen MR) is 56.6 cm³/mol. The van der Waals surface area contributed by atoms with Gasteiger partial charge in [-0.1, -0.05) is 13.0 Å². The van der Waals surface area contributed by atoms with Gasteiger partial charge in [0.15, 0.2) is 0 Å². The number of hydrogen-bond donors (Lipinski definition) is 0. The van der Waals surface area contributed by atoms with Crippen LogP contribution in [0.1, 0.15) is 25.3 Å². The van der Waals surface area contributed by atoms with Crippen LogP contribution in [0.2, 0.25) is 0 Å². The monoisotopic (exact) mass is 210 g/mol. The molecule has 2 nitrogen and oxygen atoms in total. The third kappa shape index (κ3) is 3.35. The maximum absolute atomic E-state index is 13.4. The van der Waals surface area contributed by atoms with Crippen molar-refractivity contribution in [3.8, 4) is 5.75 Å². The molecule has 0 atom stereocenters. The van der Waals surface area contributed by atoms with Gasteiger partial charge in [-0.15, -0.1) is 0 Å². The largest absolute Gasteiger partial charge is 0.497 e. The average molecular weight is 210 g/mol. The van der Waals surface area contributed by atoms with Gasteiger partial charge >= 0.3 is 0 Å². The van der Waals surface area contributed by atoms with Gasteiger partial charge in [-0.2, -0.15) is 0 Å². The van der Waals surface area contributed by atoms with Crippen molar-refractivity contribution in [3.63, 3.8) is 0 Å². The van der Waals surface area contributed by atoms with Crippen LogP contribution in [0.4, 0.5) is 4.39 Å². The molecule has 0 amide bonds. The molecule has 0 unspecified atom stereocenters. The molecule has 0 aliphatic heterocycles. The van der Waals surface area contributed by atoms with Crippen molar-refractivity contribution in [3.05, 3.63) is 29.6 Å². The van der Waals surface area contributed by atoms with Crippen LogP contribution in [0.15, 0.2) is 18.2 Å². The van der Waals surface area contributed by atoms with Gasteiger partial charge in [0, 0.05) is 18.9 Å². The summed E-state index contributed by atoms with van der Waals surface area (Å²) in [6.07, 6.45) is 1.38. The molecular formula is C12H15FO2. The molecule has 82 valence electrons. The van der Waals surface area contributed by atoms with Crippen LogP contribution in [-0.2, 0) is 11.2 Å². The van der Waals surface area contributed by atoms with Gasteiger partial charge in [0.25, 0.3) is 0 Å². The maximum atomic E-state index is 13.4. The smallest absolute Gasteiger partial charge is 0.132 e. The Labute approximate surface area is 89.1 Å². The van der Waals surface area contributed by atoms with Crippen LogP contribution in [-0.4, -0.2) is 12.9 Å². The van der Waals surface area contributed by atoms with Gasteiger partial charge in [-0.3, -0.25) is 4.79 Å². The molecule has 0 spiro atoms. The van der Waals surface area contributed by atoms with Crippen LogP contribution in [0.3, 0.4) is 0 Å². The first-order valence-corrected chi connectivity index (χ1v) is 5.01. The van der Waals surface area contributed by atoms with E-state index >= 15 is 0 Å². The highest BCUT2D eigenvalue weighted by atomic mass is 19.1. The summed E-state index contributed by atoms with van der Waals surface area (Å²) in [5.74, 6) is 0.349. The number of Topliss-reactive ketones (excluding diaryl/α,β-unsaturated/α-hetero) is 1. The van der Waals surface area contributed by atoms with E-state index in [2.05, 4.69) is 0 Å². The molecule has 3 heteroatoms. The van der Waals surface area contributed by atoms with Crippen molar-refractivity contribution in [2.75, 3.05) is 7.11 Å². The summed E-state index contributed by atoms with van der Waals surface area (Å²) in [6, 6.07) is 4.71. The van der Waals surface area contributed by atoms with Crippen LogP contribution in [0.25, 0.3) is 0 Å². The first kappa shape index (κ1) is 11.7. The SMILES string of the molecule is CCC(=O)CCc1ccc(OC)cc1F. The lowest BCUT2D eigenvalue weighted by Gasteiger charge is -2.04. The van der Waals surface area contributed by atoms with E-state index < -0.39 is 0 Å². The number of carbonyl (C=O) groups excluding carboxylic acids is 1. The highest BCUT2D eigenvalue weighted by Crippen LogP contribution is 2.17. The summed E-state index contributed by atoms with van der Waals surface area (Å²) in [6.45, 7) is 1.81. The minimum Gasteiger partial charge on any atom is -0.497 e. The van der Waals surface area contributed by atoms with E-state index in [1.807, 2.05) is 6.92 Å². The van der Waals surface area contributed by atoms with Crippen molar-refractivity contribution in [2.45, 2.75) is 26.2 Å². The van der Waals surface area contributed by atoms with E-state index in [0.29, 0.717) is 30.6 Å². The molecule has 1 aromatic carbocycles. The Balaban J connectivity index is 2.66. The van der Waals surface area contributed by atoms with E-state index in [9.17, 15) is 9.18 Å². The molecule has 0 N–H and O–H groups in total. The molecule has 0 saturated carbocycles. The normalized spacial score (nSPS) is 10.1.